The standard InChI is InChI=1S/C14H28B2O5/c1-9-15(19-11(17)13(3,4)5)21-16(10-2)20-12(18)14(6,7)8/h9-10H2,1-8H3. The number of rotatable bonds is 6. The summed E-state index contributed by atoms with van der Waals surface area (Å²) < 4.78 is 16.2. The van der Waals surface area contributed by atoms with E-state index in [4.69, 9.17) is 13.9 Å². The van der Waals surface area contributed by atoms with Gasteiger partial charge in [-0.1, -0.05) is 13.8 Å². The van der Waals surface area contributed by atoms with Crippen LogP contribution in [0.2, 0.25) is 12.6 Å². The highest BCUT2D eigenvalue weighted by molar-refractivity contribution is 6.61. The molecule has 0 aromatic carbocycles. The molecular weight excluding hydrogens is 270 g/mol. The summed E-state index contributed by atoms with van der Waals surface area (Å²) in [6.45, 7) is 14.4. The number of hydrogen-bond donors (Lipinski definition) is 0. The number of hydrogen-bond acceptors (Lipinski definition) is 5. The van der Waals surface area contributed by atoms with Crippen LogP contribution in [-0.4, -0.2) is 26.2 Å². The Morgan fingerprint density at radius 1 is 0.762 bits per heavy atom. The molecule has 0 spiro atoms. The van der Waals surface area contributed by atoms with E-state index >= 15 is 0 Å². The summed E-state index contributed by atoms with van der Waals surface area (Å²) >= 11 is 0. The molecule has 0 N–H and O–H groups in total. The zero-order valence-corrected chi connectivity index (χ0v) is 14.6. The van der Waals surface area contributed by atoms with Crippen molar-refractivity contribution in [2.75, 3.05) is 0 Å². The van der Waals surface area contributed by atoms with Crippen LogP contribution < -0.4 is 0 Å². The van der Waals surface area contributed by atoms with Crippen molar-refractivity contribution in [2.24, 2.45) is 10.8 Å². The topological polar surface area (TPSA) is 61.8 Å². The quantitative estimate of drug-likeness (QED) is 0.705. The van der Waals surface area contributed by atoms with Crippen LogP contribution in [0.15, 0.2) is 0 Å². The van der Waals surface area contributed by atoms with Gasteiger partial charge >= 0.3 is 14.2 Å². The van der Waals surface area contributed by atoms with Crippen molar-refractivity contribution in [3.63, 3.8) is 0 Å². The fourth-order valence-electron chi connectivity index (χ4n) is 1.18. The first-order valence-electron chi connectivity index (χ1n) is 7.49. The molecule has 0 saturated heterocycles. The second-order valence-electron chi connectivity index (χ2n) is 7.12. The molecule has 0 aromatic heterocycles. The van der Waals surface area contributed by atoms with Gasteiger partial charge in [0.25, 0.3) is 11.9 Å². The van der Waals surface area contributed by atoms with E-state index in [1.165, 1.54) is 0 Å². The van der Waals surface area contributed by atoms with E-state index in [-0.39, 0.29) is 11.9 Å². The Balaban J connectivity index is 4.63. The fraction of sp³-hybridized carbons (Fsp3) is 0.857. The van der Waals surface area contributed by atoms with Gasteiger partial charge in [-0.05, 0) is 54.2 Å². The van der Waals surface area contributed by atoms with E-state index in [0.717, 1.165) is 0 Å². The molecule has 0 amide bonds. The van der Waals surface area contributed by atoms with Crippen molar-refractivity contribution < 1.29 is 23.5 Å². The first kappa shape index (κ1) is 20.0. The highest BCUT2D eigenvalue weighted by Crippen LogP contribution is 2.19. The van der Waals surface area contributed by atoms with E-state index in [9.17, 15) is 9.59 Å². The molecule has 120 valence electrons. The molecule has 5 nitrogen and oxygen atoms in total. The van der Waals surface area contributed by atoms with Crippen molar-refractivity contribution in [3.05, 3.63) is 0 Å². The van der Waals surface area contributed by atoms with Crippen molar-refractivity contribution in [3.8, 4) is 0 Å². The largest absolute Gasteiger partial charge is 0.514 e. The molecule has 0 saturated carbocycles. The minimum atomic E-state index is -0.713. The van der Waals surface area contributed by atoms with E-state index in [1.54, 1.807) is 41.5 Å². The summed E-state index contributed by atoms with van der Waals surface area (Å²) in [6.07, 6.45) is 0.983. The predicted octanol–water partition coefficient (Wildman–Crippen LogP) is 3.20. The minimum Gasteiger partial charge on any atom is -0.510 e. The Morgan fingerprint density at radius 3 is 1.24 bits per heavy atom. The van der Waals surface area contributed by atoms with Gasteiger partial charge < -0.3 is 13.9 Å². The van der Waals surface area contributed by atoms with Gasteiger partial charge in [0.15, 0.2) is 0 Å². The van der Waals surface area contributed by atoms with Crippen LogP contribution in [0.25, 0.3) is 0 Å². The SMILES string of the molecule is CCB(OB(CC)OC(=O)C(C)(C)C)OC(=O)C(C)(C)C. The molecule has 7 heteroatoms. The second-order valence-corrected chi connectivity index (χ2v) is 7.12. The minimum absolute atomic E-state index is 0.341. The van der Waals surface area contributed by atoms with Crippen molar-refractivity contribution >= 4 is 26.2 Å². The third kappa shape index (κ3) is 7.55. The Hall–Kier alpha value is -0.970. The Labute approximate surface area is 129 Å². The van der Waals surface area contributed by atoms with Gasteiger partial charge in [0.2, 0.25) is 0 Å². The van der Waals surface area contributed by atoms with Crippen molar-refractivity contribution in [1.82, 2.24) is 0 Å². The van der Waals surface area contributed by atoms with Crippen molar-refractivity contribution in [1.29, 1.82) is 0 Å². The van der Waals surface area contributed by atoms with Crippen LogP contribution in [-0.2, 0) is 23.5 Å². The van der Waals surface area contributed by atoms with E-state index < -0.39 is 25.1 Å². The zero-order valence-electron chi connectivity index (χ0n) is 14.6. The molecule has 0 heterocycles. The first-order chi connectivity index (χ1) is 9.41. The third-order valence-electron chi connectivity index (χ3n) is 2.67. The predicted molar refractivity (Wildman–Crippen MR) is 84.6 cm³/mol. The normalized spacial score (nSPS) is 11.8. The maximum absolute atomic E-state index is 11.9. The molecule has 0 aliphatic carbocycles. The van der Waals surface area contributed by atoms with Crippen molar-refractivity contribution in [2.45, 2.75) is 68.0 Å². The van der Waals surface area contributed by atoms with Gasteiger partial charge in [0, 0.05) is 0 Å². The molecule has 0 atom stereocenters. The van der Waals surface area contributed by atoms with Gasteiger partial charge in [0.05, 0.1) is 10.8 Å². The molecule has 0 aromatic rings. The van der Waals surface area contributed by atoms with Crippen LogP contribution >= 0.6 is 0 Å². The lowest BCUT2D eigenvalue weighted by Gasteiger charge is -2.24. The molecule has 0 unspecified atom stereocenters. The van der Waals surface area contributed by atoms with Gasteiger partial charge in [-0.2, -0.15) is 0 Å². The molecule has 0 bridgehead atoms. The number of carbonyl (C=O) groups excluding carboxylic acids is 2. The molecule has 21 heavy (non-hydrogen) atoms. The van der Waals surface area contributed by atoms with Gasteiger partial charge in [-0.15, -0.1) is 0 Å². The van der Waals surface area contributed by atoms with Crippen LogP contribution in [0.4, 0.5) is 0 Å². The summed E-state index contributed by atoms with van der Waals surface area (Å²) in [5.41, 5.74) is -1.19. The lowest BCUT2D eigenvalue weighted by atomic mass is 9.75. The summed E-state index contributed by atoms with van der Waals surface area (Å²) in [4.78, 5) is 23.8. The molecule has 0 rings (SSSR count). The second kappa shape index (κ2) is 7.87. The first-order valence-corrected chi connectivity index (χ1v) is 7.49. The highest BCUT2D eigenvalue weighted by atomic mass is 16.7. The summed E-state index contributed by atoms with van der Waals surface area (Å²) in [5.74, 6) is -0.683. The number of carbonyl (C=O) groups is 2. The van der Waals surface area contributed by atoms with E-state index in [1.807, 2.05) is 13.8 Å². The maximum atomic E-state index is 11.9. The van der Waals surface area contributed by atoms with E-state index in [2.05, 4.69) is 0 Å². The Kier molecular flexibility index (Phi) is 7.51. The Morgan fingerprint density at radius 2 is 1.05 bits per heavy atom. The Bertz CT molecular complexity index is 323. The average Bonchev–Trinajstić information content (AvgIpc) is 2.33. The summed E-state index contributed by atoms with van der Waals surface area (Å²) in [5, 5.41) is 0. The van der Waals surface area contributed by atoms with Gasteiger partial charge in [-0.25, -0.2) is 0 Å². The smallest absolute Gasteiger partial charge is 0.510 e. The van der Waals surface area contributed by atoms with Crippen LogP contribution in [0, 0.1) is 10.8 Å². The van der Waals surface area contributed by atoms with E-state index in [0.29, 0.717) is 12.6 Å². The van der Waals surface area contributed by atoms with Gasteiger partial charge in [0.1, 0.15) is 0 Å². The van der Waals surface area contributed by atoms with Crippen LogP contribution in [0.5, 0.6) is 0 Å². The molecule has 0 aliphatic rings. The monoisotopic (exact) mass is 298 g/mol. The third-order valence-corrected chi connectivity index (χ3v) is 2.67. The summed E-state index contributed by atoms with van der Waals surface area (Å²) in [6, 6.07) is 0. The lowest BCUT2D eigenvalue weighted by Crippen LogP contribution is -2.40. The maximum Gasteiger partial charge on any atom is 0.514 e. The van der Waals surface area contributed by atoms with Crippen LogP contribution in [0.1, 0.15) is 55.4 Å². The van der Waals surface area contributed by atoms with Crippen LogP contribution in [0.3, 0.4) is 0 Å². The highest BCUT2D eigenvalue weighted by Gasteiger charge is 2.35. The summed E-state index contributed by atoms with van der Waals surface area (Å²) in [7, 11) is -1.43. The molecule has 0 fully saturated rings. The zero-order chi connectivity index (χ0) is 16.8. The molecular formula is C14H28B2O5. The van der Waals surface area contributed by atoms with Gasteiger partial charge in [-0.3, -0.25) is 9.59 Å². The average molecular weight is 298 g/mol. The molecule has 0 aliphatic heterocycles. The molecule has 0 radical (unpaired) electrons. The lowest BCUT2D eigenvalue weighted by molar-refractivity contribution is -0.144. The fourth-order valence-corrected chi connectivity index (χ4v) is 1.18.